The first-order valence-electron chi connectivity index (χ1n) is 14.0. The van der Waals surface area contributed by atoms with Gasteiger partial charge in [-0.3, -0.25) is 0 Å². The predicted octanol–water partition coefficient (Wildman–Crippen LogP) is 6.28. The van der Waals surface area contributed by atoms with Crippen LogP contribution in [0.4, 0.5) is 13.2 Å². The van der Waals surface area contributed by atoms with Crippen molar-refractivity contribution in [1.82, 2.24) is 16.0 Å². The molecule has 0 bridgehead atoms. The lowest BCUT2D eigenvalue weighted by atomic mass is 9.85. The molecule has 0 fully saturated rings. The molecule has 0 saturated carbocycles. The molecule has 0 unspecified atom stereocenters. The highest BCUT2D eigenvalue weighted by Crippen LogP contribution is 2.34. The van der Waals surface area contributed by atoms with Crippen molar-refractivity contribution in [2.75, 3.05) is 34.3 Å². The summed E-state index contributed by atoms with van der Waals surface area (Å²) in [4.78, 5) is 0. The van der Waals surface area contributed by atoms with Gasteiger partial charge in [0.05, 0.1) is 5.56 Å². The zero-order valence-corrected chi connectivity index (χ0v) is 24.9. The van der Waals surface area contributed by atoms with Gasteiger partial charge < -0.3 is 20.7 Å². The van der Waals surface area contributed by atoms with Crippen LogP contribution in [0.1, 0.15) is 62.6 Å². The number of likely N-dealkylation sites (N-methyl/N-ethyl adjacent to an activating group) is 2. The summed E-state index contributed by atoms with van der Waals surface area (Å²) in [6.45, 7) is 10.0. The first kappa shape index (κ1) is 31.7. The van der Waals surface area contributed by atoms with Crippen LogP contribution < -0.4 is 20.7 Å². The van der Waals surface area contributed by atoms with Crippen LogP contribution in [-0.2, 0) is 32.0 Å². The van der Waals surface area contributed by atoms with E-state index in [1.54, 1.807) is 19.2 Å². The molecule has 0 aliphatic carbocycles. The highest BCUT2D eigenvalue weighted by atomic mass is 19.4. The molecule has 0 aliphatic heterocycles. The van der Waals surface area contributed by atoms with E-state index in [0.29, 0.717) is 13.0 Å². The highest BCUT2D eigenvalue weighted by Gasteiger charge is 2.33. The minimum absolute atomic E-state index is 0.167. The van der Waals surface area contributed by atoms with Gasteiger partial charge in [0.25, 0.3) is 0 Å². The maximum Gasteiger partial charge on any atom is 0.416 e. The molecule has 218 valence electrons. The van der Waals surface area contributed by atoms with Crippen LogP contribution in [0, 0.1) is 20.8 Å². The number of nitrogens with one attached hydrogen (secondary N) is 3. The Morgan fingerprint density at radius 2 is 1.57 bits per heavy atom. The van der Waals surface area contributed by atoms with Gasteiger partial charge in [-0.15, -0.1) is 0 Å². The summed E-state index contributed by atoms with van der Waals surface area (Å²) < 4.78 is 47.0. The molecule has 0 saturated heterocycles. The van der Waals surface area contributed by atoms with Gasteiger partial charge in [0.1, 0.15) is 12.4 Å². The van der Waals surface area contributed by atoms with Crippen molar-refractivity contribution in [2.45, 2.75) is 65.7 Å². The average molecular weight is 556 g/mol. The summed E-state index contributed by atoms with van der Waals surface area (Å²) in [5.41, 5.74) is 8.94. The summed E-state index contributed by atoms with van der Waals surface area (Å²) in [6.07, 6.45) is -2.20. The molecule has 4 nitrogen and oxygen atoms in total. The zero-order valence-electron chi connectivity index (χ0n) is 24.9. The third-order valence-corrected chi connectivity index (χ3v) is 7.65. The third kappa shape index (κ3) is 7.87. The van der Waals surface area contributed by atoms with E-state index in [9.17, 15) is 13.2 Å². The van der Waals surface area contributed by atoms with Crippen molar-refractivity contribution in [2.24, 2.45) is 0 Å². The number of rotatable bonds is 13. The Balaban J connectivity index is 2.02. The second-order valence-corrected chi connectivity index (χ2v) is 10.7. The first-order chi connectivity index (χ1) is 19.0. The normalized spacial score (nSPS) is 12.6. The molecule has 0 spiro atoms. The molecular weight excluding hydrogens is 511 g/mol. The van der Waals surface area contributed by atoms with Gasteiger partial charge in [-0.2, -0.15) is 13.2 Å². The molecule has 3 N–H and O–H groups in total. The van der Waals surface area contributed by atoms with Gasteiger partial charge >= 0.3 is 6.18 Å². The standard InChI is InChI=1S/C33H44F3N3O/c1-21-9-8-10-26(32(21)40-20-23(3)39-7)18-30-22(2)15-27(29(24(30)4)13-14-37-5)16-25-11-12-31(33(34,35)36)28(17-25)19-38-6/h8-12,15,17,23,37-39H,13-14,16,18-20H2,1-7H3/t23-/m1/s1. The maximum atomic E-state index is 13.6. The zero-order chi connectivity index (χ0) is 29.4. The van der Waals surface area contributed by atoms with E-state index in [4.69, 9.17) is 4.74 Å². The molecule has 40 heavy (non-hydrogen) atoms. The fourth-order valence-electron chi connectivity index (χ4n) is 5.31. The number of aryl methyl sites for hydroxylation is 2. The lowest BCUT2D eigenvalue weighted by Crippen LogP contribution is -2.28. The van der Waals surface area contributed by atoms with Crippen LogP contribution in [0.25, 0.3) is 0 Å². The van der Waals surface area contributed by atoms with Gasteiger partial charge in [-0.05, 0) is 124 Å². The minimum atomic E-state index is -4.37. The smallest absolute Gasteiger partial charge is 0.416 e. The van der Waals surface area contributed by atoms with Crippen molar-refractivity contribution in [3.8, 4) is 5.75 Å². The van der Waals surface area contributed by atoms with E-state index in [0.717, 1.165) is 47.4 Å². The lowest BCUT2D eigenvalue weighted by molar-refractivity contribution is -0.138. The molecule has 3 rings (SSSR count). The van der Waals surface area contributed by atoms with Crippen molar-refractivity contribution < 1.29 is 17.9 Å². The van der Waals surface area contributed by atoms with Gasteiger partial charge in [0.2, 0.25) is 0 Å². The second-order valence-electron chi connectivity index (χ2n) is 10.7. The number of benzene rings is 3. The lowest BCUT2D eigenvalue weighted by Gasteiger charge is -2.22. The first-order valence-corrected chi connectivity index (χ1v) is 14.0. The van der Waals surface area contributed by atoms with E-state index in [2.05, 4.69) is 67.9 Å². The molecular formula is C33H44F3N3O. The van der Waals surface area contributed by atoms with Crippen molar-refractivity contribution >= 4 is 0 Å². The molecule has 0 amide bonds. The van der Waals surface area contributed by atoms with Crippen LogP contribution in [-0.4, -0.2) is 40.3 Å². The number of halogens is 3. The van der Waals surface area contributed by atoms with Gasteiger partial charge in [-0.1, -0.05) is 36.4 Å². The van der Waals surface area contributed by atoms with E-state index < -0.39 is 11.7 Å². The van der Waals surface area contributed by atoms with Crippen LogP contribution in [0.15, 0.2) is 42.5 Å². The van der Waals surface area contributed by atoms with Crippen LogP contribution in [0.5, 0.6) is 5.75 Å². The number of alkyl halides is 3. The van der Waals surface area contributed by atoms with E-state index in [1.165, 1.54) is 28.3 Å². The molecule has 3 aromatic rings. The molecule has 1 atom stereocenters. The van der Waals surface area contributed by atoms with Crippen molar-refractivity contribution in [3.63, 3.8) is 0 Å². The fraction of sp³-hybridized carbons (Fsp3) is 0.455. The quantitative estimate of drug-likeness (QED) is 0.232. The Morgan fingerprint density at radius 3 is 2.23 bits per heavy atom. The number of para-hydroxylation sites is 1. The van der Waals surface area contributed by atoms with Crippen LogP contribution in [0.2, 0.25) is 0 Å². The molecule has 7 heteroatoms. The van der Waals surface area contributed by atoms with Gasteiger partial charge in [0.15, 0.2) is 0 Å². The van der Waals surface area contributed by atoms with E-state index >= 15 is 0 Å². The number of hydrogen-bond acceptors (Lipinski definition) is 4. The third-order valence-electron chi connectivity index (χ3n) is 7.65. The maximum absolute atomic E-state index is 13.6. The monoisotopic (exact) mass is 555 g/mol. The fourth-order valence-corrected chi connectivity index (χ4v) is 5.31. The van der Waals surface area contributed by atoms with Crippen LogP contribution in [0.3, 0.4) is 0 Å². The Hall–Kier alpha value is -2.87. The summed E-state index contributed by atoms with van der Waals surface area (Å²) in [7, 11) is 5.53. The Morgan fingerprint density at radius 1 is 0.825 bits per heavy atom. The average Bonchev–Trinajstić information content (AvgIpc) is 2.90. The number of hydrogen-bond donors (Lipinski definition) is 3. The molecule has 0 radical (unpaired) electrons. The van der Waals surface area contributed by atoms with Crippen LogP contribution >= 0.6 is 0 Å². The van der Waals surface area contributed by atoms with E-state index in [1.807, 2.05) is 14.1 Å². The summed E-state index contributed by atoms with van der Waals surface area (Å²) >= 11 is 0. The van der Waals surface area contributed by atoms with Gasteiger partial charge in [-0.25, -0.2) is 0 Å². The van der Waals surface area contributed by atoms with Crippen molar-refractivity contribution in [1.29, 1.82) is 0 Å². The summed E-state index contributed by atoms with van der Waals surface area (Å²) in [6, 6.07) is 13.3. The Bertz CT molecular complexity index is 1290. The predicted molar refractivity (Wildman–Crippen MR) is 159 cm³/mol. The summed E-state index contributed by atoms with van der Waals surface area (Å²) in [5, 5.41) is 9.36. The second kappa shape index (κ2) is 14.2. The van der Waals surface area contributed by atoms with E-state index in [-0.39, 0.29) is 18.2 Å². The molecule has 0 heterocycles. The van der Waals surface area contributed by atoms with Gasteiger partial charge in [0, 0.05) is 19.0 Å². The largest absolute Gasteiger partial charge is 0.491 e. The molecule has 0 aliphatic rings. The topological polar surface area (TPSA) is 45.3 Å². The Kier molecular flexibility index (Phi) is 11.2. The highest BCUT2D eigenvalue weighted by molar-refractivity contribution is 5.52. The minimum Gasteiger partial charge on any atom is -0.491 e. The number of ether oxygens (including phenoxy) is 1. The Labute approximate surface area is 237 Å². The SMILES string of the molecule is CNCCc1c(Cc2ccc(C(F)(F)F)c(CNC)c2)cc(C)c(Cc2cccc(C)c2OC[C@@H](C)NC)c1C. The molecule has 3 aromatic carbocycles. The van der Waals surface area contributed by atoms with Crippen molar-refractivity contribution in [3.05, 3.63) is 98.1 Å². The molecule has 0 aromatic heterocycles. The summed E-state index contributed by atoms with van der Waals surface area (Å²) in [5.74, 6) is 0.936.